The molecule has 0 atom stereocenters. The maximum atomic E-state index is 11.2. The van der Waals surface area contributed by atoms with Crippen LogP contribution in [-0.2, 0) is 0 Å². The highest BCUT2D eigenvalue weighted by molar-refractivity contribution is 5.90. The smallest absolute Gasteiger partial charge is 0.203 e. The van der Waals surface area contributed by atoms with Crippen LogP contribution in [0.2, 0.25) is 0 Å². The third-order valence-corrected chi connectivity index (χ3v) is 3.94. The van der Waals surface area contributed by atoms with E-state index in [2.05, 4.69) is 0 Å². The van der Waals surface area contributed by atoms with E-state index in [9.17, 15) is 4.79 Å². The lowest BCUT2D eigenvalue weighted by atomic mass is 9.95. The molecule has 6 nitrogen and oxygen atoms in total. The first-order chi connectivity index (χ1) is 12.1. The summed E-state index contributed by atoms with van der Waals surface area (Å²) in [6.07, 6.45) is 0.744. The van der Waals surface area contributed by atoms with Crippen LogP contribution in [0.5, 0.6) is 28.7 Å². The molecular weight excluding hydrogens is 324 g/mol. The Morgan fingerprint density at radius 1 is 0.680 bits per heavy atom. The normalized spacial score (nSPS) is 10.2. The monoisotopic (exact) mass is 346 g/mol. The highest BCUT2D eigenvalue weighted by Crippen LogP contribution is 2.51. The Bertz CT molecular complexity index is 757. The van der Waals surface area contributed by atoms with E-state index in [0.717, 1.165) is 17.4 Å². The fourth-order valence-electron chi connectivity index (χ4n) is 2.84. The predicted octanol–water partition coefficient (Wildman–Crippen LogP) is 3.52. The molecule has 0 spiro atoms. The second-order valence-electron chi connectivity index (χ2n) is 5.26. The summed E-state index contributed by atoms with van der Waals surface area (Å²) in [4.78, 5) is 11.2. The topological polar surface area (TPSA) is 63.2 Å². The van der Waals surface area contributed by atoms with Crippen molar-refractivity contribution in [1.82, 2.24) is 0 Å². The van der Waals surface area contributed by atoms with Crippen molar-refractivity contribution in [3.8, 4) is 39.9 Å². The van der Waals surface area contributed by atoms with E-state index in [0.29, 0.717) is 39.9 Å². The standard InChI is InChI=1S/C19H22O6/c1-11-7-15(23-4)18(24-5)19(25-6)16(11)17-13(21-2)8-12(10-20)9-14(17)22-3/h7-10H,1-6H3. The minimum Gasteiger partial charge on any atom is -0.496 e. The maximum absolute atomic E-state index is 11.2. The molecule has 0 aliphatic rings. The van der Waals surface area contributed by atoms with Gasteiger partial charge in [-0.2, -0.15) is 0 Å². The summed E-state index contributed by atoms with van der Waals surface area (Å²) < 4.78 is 27.5. The first-order valence-electron chi connectivity index (χ1n) is 7.57. The summed E-state index contributed by atoms with van der Waals surface area (Å²) in [5.74, 6) is 2.51. The van der Waals surface area contributed by atoms with Crippen molar-refractivity contribution in [3.05, 3.63) is 29.3 Å². The van der Waals surface area contributed by atoms with E-state index < -0.39 is 0 Å². The average Bonchev–Trinajstić information content (AvgIpc) is 2.65. The molecule has 0 saturated heterocycles. The Hall–Kier alpha value is -2.89. The van der Waals surface area contributed by atoms with Crippen molar-refractivity contribution >= 4 is 6.29 Å². The van der Waals surface area contributed by atoms with E-state index in [1.165, 1.54) is 14.2 Å². The number of hydrogen-bond acceptors (Lipinski definition) is 6. The van der Waals surface area contributed by atoms with Gasteiger partial charge in [-0.1, -0.05) is 0 Å². The third-order valence-electron chi connectivity index (χ3n) is 3.94. The van der Waals surface area contributed by atoms with Gasteiger partial charge >= 0.3 is 0 Å². The van der Waals surface area contributed by atoms with E-state index in [1.54, 1.807) is 33.5 Å². The largest absolute Gasteiger partial charge is 0.496 e. The molecule has 2 rings (SSSR count). The van der Waals surface area contributed by atoms with Crippen molar-refractivity contribution < 1.29 is 28.5 Å². The molecule has 6 heteroatoms. The van der Waals surface area contributed by atoms with Gasteiger partial charge in [0.2, 0.25) is 5.75 Å². The molecule has 0 fully saturated rings. The molecule has 0 N–H and O–H groups in total. The van der Waals surface area contributed by atoms with Crippen LogP contribution in [0.15, 0.2) is 18.2 Å². The Balaban J connectivity index is 2.93. The number of hydrogen-bond donors (Lipinski definition) is 0. The number of carbonyl (C=O) groups is 1. The summed E-state index contributed by atoms with van der Waals surface area (Å²) in [5.41, 5.74) is 2.75. The van der Waals surface area contributed by atoms with Crippen molar-refractivity contribution in [1.29, 1.82) is 0 Å². The number of ether oxygens (including phenoxy) is 5. The van der Waals surface area contributed by atoms with Gasteiger partial charge in [-0.25, -0.2) is 0 Å². The lowest BCUT2D eigenvalue weighted by Crippen LogP contribution is -2.02. The highest BCUT2D eigenvalue weighted by atomic mass is 16.5. The van der Waals surface area contributed by atoms with Gasteiger partial charge in [-0.05, 0) is 30.7 Å². The third kappa shape index (κ3) is 3.20. The molecular formula is C19H22O6. The fourth-order valence-corrected chi connectivity index (χ4v) is 2.84. The number of aryl methyl sites for hydroxylation is 1. The molecule has 0 amide bonds. The number of carbonyl (C=O) groups excluding carboxylic acids is 1. The first-order valence-corrected chi connectivity index (χ1v) is 7.57. The molecule has 134 valence electrons. The van der Waals surface area contributed by atoms with Crippen LogP contribution < -0.4 is 23.7 Å². The summed E-state index contributed by atoms with van der Waals surface area (Å²) in [5, 5.41) is 0. The molecule has 0 radical (unpaired) electrons. The van der Waals surface area contributed by atoms with Gasteiger partial charge in [-0.3, -0.25) is 4.79 Å². The molecule has 0 saturated carbocycles. The van der Waals surface area contributed by atoms with Crippen LogP contribution in [0.1, 0.15) is 15.9 Å². The Kier molecular flexibility index (Phi) is 5.75. The zero-order valence-corrected chi connectivity index (χ0v) is 15.3. The van der Waals surface area contributed by atoms with E-state index in [1.807, 2.05) is 13.0 Å². The molecule has 0 heterocycles. The summed E-state index contributed by atoms with van der Waals surface area (Å²) in [6.45, 7) is 1.92. The Morgan fingerprint density at radius 3 is 1.60 bits per heavy atom. The lowest BCUT2D eigenvalue weighted by molar-refractivity contribution is 0.112. The summed E-state index contributed by atoms with van der Waals surface area (Å²) in [7, 11) is 7.74. The number of methoxy groups -OCH3 is 5. The second kappa shape index (κ2) is 7.79. The number of rotatable bonds is 7. The number of aldehydes is 1. The van der Waals surface area contributed by atoms with Gasteiger partial charge in [0.05, 0.1) is 41.1 Å². The van der Waals surface area contributed by atoms with Crippen molar-refractivity contribution in [2.45, 2.75) is 6.92 Å². The minimum absolute atomic E-state index is 0.453. The highest BCUT2D eigenvalue weighted by Gasteiger charge is 2.25. The van der Waals surface area contributed by atoms with Gasteiger partial charge in [-0.15, -0.1) is 0 Å². The summed E-state index contributed by atoms with van der Waals surface area (Å²) in [6, 6.07) is 5.16. The molecule has 25 heavy (non-hydrogen) atoms. The molecule has 0 aliphatic carbocycles. The van der Waals surface area contributed by atoms with Gasteiger partial charge in [0.15, 0.2) is 11.5 Å². The van der Waals surface area contributed by atoms with E-state index in [-0.39, 0.29) is 0 Å². The van der Waals surface area contributed by atoms with Crippen LogP contribution in [0.4, 0.5) is 0 Å². The second-order valence-corrected chi connectivity index (χ2v) is 5.26. The van der Waals surface area contributed by atoms with Crippen molar-refractivity contribution in [2.24, 2.45) is 0 Å². The number of benzene rings is 2. The summed E-state index contributed by atoms with van der Waals surface area (Å²) >= 11 is 0. The predicted molar refractivity (Wildman–Crippen MR) is 94.8 cm³/mol. The van der Waals surface area contributed by atoms with E-state index in [4.69, 9.17) is 23.7 Å². The molecule has 2 aromatic rings. The van der Waals surface area contributed by atoms with Crippen LogP contribution in [0.3, 0.4) is 0 Å². The van der Waals surface area contributed by atoms with Crippen LogP contribution in [-0.4, -0.2) is 41.8 Å². The van der Waals surface area contributed by atoms with Gasteiger partial charge in [0, 0.05) is 11.1 Å². The zero-order valence-electron chi connectivity index (χ0n) is 15.3. The van der Waals surface area contributed by atoms with Gasteiger partial charge in [0.25, 0.3) is 0 Å². The fraction of sp³-hybridized carbons (Fsp3) is 0.316. The van der Waals surface area contributed by atoms with Crippen molar-refractivity contribution in [3.63, 3.8) is 0 Å². The Morgan fingerprint density at radius 2 is 1.20 bits per heavy atom. The SMILES string of the molecule is COc1cc(C)c(-c2c(OC)cc(C=O)cc2OC)c(OC)c1OC. The van der Waals surface area contributed by atoms with Gasteiger partial charge < -0.3 is 23.7 Å². The van der Waals surface area contributed by atoms with Crippen molar-refractivity contribution in [2.75, 3.05) is 35.5 Å². The first kappa shape index (κ1) is 18.4. The van der Waals surface area contributed by atoms with Crippen LogP contribution in [0.25, 0.3) is 11.1 Å². The quantitative estimate of drug-likeness (QED) is 0.715. The molecule has 0 aromatic heterocycles. The zero-order chi connectivity index (χ0) is 18.6. The lowest BCUT2D eigenvalue weighted by Gasteiger charge is -2.21. The molecule has 2 aromatic carbocycles. The van der Waals surface area contributed by atoms with Gasteiger partial charge in [0.1, 0.15) is 17.8 Å². The molecule has 0 bridgehead atoms. The maximum Gasteiger partial charge on any atom is 0.203 e. The minimum atomic E-state index is 0.453. The average molecular weight is 346 g/mol. The van der Waals surface area contributed by atoms with E-state index >= 15 is 0 Å². The molecule has 0 unspecified atom stereocenters. The Labute approximate surface area is 147 Å². The van der Waals surface area contributed by atoms with Crippen LogP contribution >= 0.6 is 0 Å². The molecule has 0 aliphatic heterocycles. The van der Waals surface area contributed by atoms with Crippen LogP contribution in [0, 0.1) is 6.92 Å².